The van der Waals surface area contributed by atoms with Crippen molar-refractivity contribution in [2.45, 2.75) is 17.9 Å². The number of rotatable bonds is 4. The van der Waals surface area contributed by atoms with Gasteiger partial charge >= 0.3 is 0 Å². The van der Waals surface area contributed by atoms with Crippen LogP contribution in [0.3, 0.4) is 0 Å². The summed E-state index contributed by atoms with van der Waals surface area (Å²) in [6.07, 6.45) is 4.06. The summed E-state index contributed by atoms with van der Waals surface area (Å²) in [5.74, 6) is 1.48. The van der Waals surface area contributed by atoms with Gasteiger partial charge in [0.2, 0.25) is 5.91 Å². The molecular formula is C18H18N4OS. The number of nitrogens with zero attached hydrogens (tertiary/aromatic N) is 3. The molecule has 0 saturated carbocycles. The van der Waals surface area contributed by atoms with Gasteiger partial charge in [-0.3, -0.25) is 4.79 Å². The predicted octanol–water partition coefficient (Wildman–Crippen LogP) is 3.34. The first-order valence-electron chi connectivity index (χ1n) is 8.11. The van der Waals surface area contributed by atoms with E-state index in [1.54, 1.807) is 6.20 Å². The molecule has 1 N–H and O–H groups in total. The van der Waals surface area contributed by atoms with Crippen LogP contribution in [0.25, 0.3) is 22.4 Å². The fourth-order valence-corrected chi connectivity index (χ4v) is 3.63. The molecule has 1 amide bonds. The molecule has 24 heavy (non-hydrogen) atoms. The number of H-pyrrole nitrogens is 1. The highest BCUT2D eigenvalue weighted by molar-refractivity contribution is 7.99. The molecule has 3 heterocycles. The number of carbonyl (C=O) groups excluding carboxylic acids is 1. The number of aromatic nitrogens is 3. The summed E-state index contributed by atoms with van der Waals surface area (Å²) in [6.45, 7) is 1.80. The number of benzene rings is 1. The number of pyridine rings is 1. The molecule has 1 aromatic carbocycles. The number of aromatic amines is 1. The standard InChI is InChI=1S/C18H18N4OS/c23-17(22-9-3-4-10-22)12-24-16-8-7-13(11-19-16)18-20-14-5-1-2-6-15(14)21-18/h1-2,5-8,11H,3-4,9-10,12H2,(H,20,21). The predicted molar refractivity (Wildman–Crippen MR) is 95.9 cm³/mol. The van der Waals surface area contributed by atoms with E-state index in [0.29, 0.717) is 5.75 Å². The van der Waals surface area contributed by atoms with E-state index >= 15 is 0 Å². The highest BCUT2D eigenvalue weighted by atomic mass is 32.2. The summed E-state index contributed by atoms with van der Waals surface area (Å²) in [7, 11) is 0. The third-order valence-corrected chi connectivity index (χ3v) is 5.13. The Bertz CT molecular complexity index is 820. The van der Waals surface area contributed by atoms with Crippen LogP contribution < -0.4 is 0 Å². The molecule has 1 fully saturated rings. The van der Waals surface area contributed by atoms with E-state index in [1.807, 2.05) is 41.3 Å². The maximum absolute atomic E-state index is 12.1. The first-order valence-corrected chi connectivity index (χ1v) is 9.10. The molecule has 1 aliphatic heterocycles. The quantitative estimate of drug-likeness (QED) is 0.741. The second-order valence-corrected chi connectivity index (χ2v) is 6.86. The van der Waals surface area contributed by atoms with Gasteiger partial charge in [0.15, 0.2) is 0 Å². The van der Waals surface area contributed by atoms with Crippen LogP contribution in [0.15, 0.2) is 47.6 Å². The summed E-state index contributed by atoms with van der Waals surface area (Å²) in [5, 5.41) is 0.863. The molecule has 0 spiro atoms. The van der Waals surface area contributed by atoms with E-state index in [2.05, 4.69) is 15.0 Å². The molecule has 3 aromatic rings. The molecule has 0 unspecified atom stereocenters. The minimum Gasteiger partial charge on any atom is -0.342 e. The van der Waals surface area contributed by atoms with Gasteiger partial charge < -0.3 is 9.88 Å². The van der Waals surface area contributed by atoms with Crippen molar-refractivity contribution in [1.82, 2.24) is 19.9 Å². The zero-order chi connectivity index (χ0) is 16.4. The lowest BCUT2D eigenvalue weighted by Gasteiger charge is -2.14. The van der Waals surface area contributed by atoms with Crippen LogP contribution in [-0.4, -0.2) is 44.6 Å². The number of amides is 1. The van der Waals surface area contributed by atoms with Crippen LogP contribution in [0.2, 0.25) is 0 Å². The van der Waals surface area contributed by atoms with E-state index in [1.165, 1.54) is 11.8 Å². The maximum Gasteiger partial charge on any atom is 0.232 e. The Kier molecular flexibility index (Phi) is 4.21. The fraction of sp³-hybridized carbons (Fsp3) is 0.278. The van der Waals surface area contributed by atoms with Crippen molar-refractivity contribution in [2.24, 2.45) is 0 Å². The molecule has 0 atom stereocenters. The number of hydrogen-bond acceptors (Lipinski definition) is 4. The molecule has 122 valence electrons. The first kappa shape index (κ1) is 15.2. The average molecular weight is 338 g/mol. The molecular weight excluding hydrogens is 320 g/mol. The first-order chi connectivity index (χ1) is 11.8. The summed E-state index contributed by atoms with van der Waals surface area (Å²) in [6, 6.07) is 11.9. The average Bonchev–Trinajstić information content (AvgIpc) is 3.29. The number of carbonyl (C=O) groups is 1. The third kappa shape index (κ3) is 3.14. The van der Waals surface area contributed by atoms with Gasteiger partial charge in [-0.25, -0.2) is 9.97 Å². The second kappa shape index (κ2) is 6.65. The molecule has 1 saturated heterocycles. The van der Waals surface area contributed by atoms with Gasteiger partial charge in [0.25, 0.3) is 0 Å². The fourth-order valence-electron chi connectivity index (χ4n) is 2.89. The summed E-state index contributed by atoms with van der Waals surface area (Å²) < 4.78 is 0. The summed E-state index contributed by atoms with van der Waals surface area (Å²) in [5.41, 5.74) is 2.91. The monoisotopic (exact) mass is 338 g/mol. The zero-order valence-corrected chi connectivity index (χ0v) is 14.1. The van der Waals surface area contributed by atoms with E-state index in [9.17, 15) is 4.79 Å². The minimum absolute atomic E-state index is 0.209. The van der Waals surface area contributed by atoms with Crippen molar-refractivity contribution >= 4 is 28.7 Å². The van der Waals surface area contributed by atoms with Gasteiger partial charge in [0.1, 0.15) is 5.82 Å². The van der Waals surface area contributed by atoms with Gasteiger partial charge in [0, 0.05) is 24.8 Å². The van der Waals surface area contributed by atoms with Crippen molar-refractivity contribution in [3.63, 3.8) is 0 Å². The summed E-state index contributed by atoms with van der Waals surface area (Å²) >= 11 is 1.49. The van der Waals surface area contributed by atoms with E-state index in [0.717, 1.165) is 53.4 Å². The lowest BCUT2D eigenvalue weighted by Crippen LogP contribution is -2.29. The number of nitrogens with one attached hydrogen (secondary N) is 1. The van der Waals surface area contributed by atoms with Gasteiger partial charge in [-0.1, -0.05) is 23.9 Å². The van der Waals surface area contributed by atoms with Crippen LogP contribution >= 0.6 is 11.8 Å². The Morgan fingerprint density at radius 3 is 2.75 bits per heavy atom. The van der Waals surface area contributed by atoms with Crippen molar-refractivity contribution in [3.05, 3.63) is 42.6 Å². The van der Waals surface area contributed by atoms with Crippen LogP contribution in [0.5, 0.6) is 0 Å². The summed E-state index contributed by atoms with van der Waals surface area (Å²) in [4.78, 5) is 26.3. The topological polar surface area (TPSA) is 61.9 Å². The Morgan fingerprint density at radius 1 is 1.17 bits per heavy atom. The number of imidazole rings is 1. The van der Waals surface area contributed by atoms with Crippen LogP contribution in [0.4, 0.5) is 0 Å². The normalized spacial score (nSPS) is 14.4. The largest absolute Gasteiger partial charge is 0.342 e. The van der Waals surface area contributed by atoms with Gasteiger partial charge in [-0.05, 0) is 37.1 Å². The zero-order valence-electron chi connectivity index (χ0n) is 13.2. The highest BCUT2D eigenvalue weighted by Gasteiger charge is 2.17. The van der Waals surface area contributed by atoms with Gasteiger partial charge in [0.05, 0.1) is 21.8 Å². The molecule has 6 heteroatoms. The number of para-hydroxylation sites is 2. The molecule has 0 bridgehead atoms. The maximum atomic E-state index is 12.1. The minimum atomic E-state index is 0.209. The Balaban J connectivity index is 1.43. The SMILES string of the molecule is O=C(CSc1ccc(-c2nc3ccccc3[nH]2)cn1)N1CCCC1. The number of thioether (sulfide) groups is 1. The number of likely N-dealkylation sites (tertiary alicyclic amines) is 1. The second-order valence-electron chi connectivity index (χ2n) is 5.86. The smallest absolute Gasteiger partial charge is 0.232 e. The molecule has 4 rings (SSSR count). The van der Waals surface area contributed by atoms with Crippen LogP contribution in [-0.2, 0) is 4.79 Å². The Morgan fingerprint density at radius 2 is 2.00 bits per heavy atom. The van der Waals surface area contributed by atoms with E-state index in [4.69, 9.17) is 0 Å². The molecule has 0 aliphatic carbocycles. The van der Waals surface area contributed by atoms with Gasteiger partial charge in [-0.2, -0.15) is 0 Å². The van der Waals surface area contributed by atoms with Crippen LogP contribution in [0, 0.1) is 0 Å². The molecule has 1 aliphatic rings. The Hall–Kier alpha value is -2.34. The van der Waals surface area contributed by atoms with Crippen molar-refractivity contribution in [1.29, 1.82) is 0 Å². The van der Waals surface area contributed by atoms with Crippen molar-refractivity contribution < 1.29 is 4.79 Å². The van der Waals surface area contributed by atoms with Crippen molar-refractivity contribution in [2.75, 3.05) is 18.8 Å². The lowest BCUT2D eigenvalue weighted by atomic mass is 10.3. The molecule has 2 aromatic heterocycles. The van der Waals surface area contributed by atoms with Crippen molar-refractivity contribution in [3.8, 4) is 11.4 Å². The van der Waals surface area contributed by atoms with E-state index in [-0.39, 0.29) is 5.91 Å². The third-order valence-electron chi connectivity index (χ3n) is 4.20. The number of fused-ring (bicyclic) bond motifs is 1. The lowest BCUT2D eigenvalue weighted by molar-refractivity contribution is -0.127. The molecule has 5 nitrogen and oxygen atoms in total. The Labute approximate surface area is 144 Å². The number of hydrogen-bond donors (Lipinski definition) is 1. The molecule has 0 radical (unpaired) electrons. The van der Waals surface area contributed by atoms with Crippen LogP contribution in [0.1, 0.15) is 12.8 Å². The highest BCUT2D eigenvalue weighted by Crippen LogP contribution is 2.23. The van der Waals surface area contributed by atoms with E-state index < -0.39 is 0 Å². The van der Waals surface area contributed by atoms with Gasteiger partial charge in [-0.15, -0.1) is 0 Å².